The van der Waals surface area contributed by atoms with Crippen LogP contribution >= 0.6 is 23.8 Å². The van der Waals surface area contributed by atoms with E-state index in [0.717, 1.165) is 59.5 Å². The SMILES string of the molecule is Cc1cc(C)nc(N/C(=N/C(=S)Nc2ccccc2C)N2CCN(c3ccc(Cl)cc3)CC2)n1. The summed E-state index contributed by atoms with van der Waals surface area (Å²) in [6.45, 7) is 9.16. The molecule has 1 fully saturated rings. The average Bonchev–Trinajstić information content (AvgIpc) is 2.80. The number of para-hydroxylation sites is 1. The molecule has 2 heterocycles. The molecule has 1 aromatic heterocycles. The van der Waals surface area contributed by atoms with Gasteiger partial charge in [0, 0.05) is 54.0 Å². The Kier molecular flexibility index (Phi) is 7.59. The van der Waals surface area contributed by atoms with Gasteiger partial charge in [-0.25, -0.2) is 9.97 Å². The molecule has 4 rings (SSSR count). The van der Waals surface area contributed by atoms with Gasteiger partial charge in [0.15, 0.2) is 0 Å². The van der Waals surface area contributed by atoms with Crippen molar-refractivity contribution in [1.29, 1.82) is 0 Å². The lowest BCUT2D eigenvalue weighted by Gasteiger charge is -2.37. The van der Waals surface area contributed by atoms with Crippen molar-refractivity contribution in [3.8, 4) is 0 Å². The molecule has 7 nitrogen and oxygen atoms in total. The van der Waals surface area contributed by atoms with E-state index < -0.39 is 0 Å². The number of guanidine groups is 1. The molecule has 34 heavy (non-hydrogen) atoms. The molecule has 176 valence electrons. The highest BCUT2D eigenvalue weighted by molar-refractivity contribution is 7.80. The molecule has 0 atom stereocenters. The summed E-state index contributed by atoms with van der Waals surface area (Å²) in [5.74, 6) is 1.14. The van der Waals surface area contributed by atoms with Crippen LogP contribution < -0.4 is 15.5 Å². The molecular formula is C25H28ClN7S. The molecule has 2 N–H and O–H groups in total. The summed E-state index contributed by atoms with van der Waals surface area (Å²) in [5, 5.41) is 7.67. The molecular weight excluding hydrogens is 466 g/mol. The second-order valence-corrected chi connectivity index (χ2v) is 9.05. The molecule has 0 aliphatic carbocycles. The van der Waals surface area contributed by atoms with Crippen molar-refractivity contribution in [2.24, 2.45) is 4.99 Å². The first kappa shape index (κ1) is 23.9. The lowest BCUT2D eigenvalue weighted by atomic mass is 10.2. The fourth-order valence-electron chi connectivity index (χ4n) is 3.84. The first-order chi connectivity index (χ1) is 16.4. The molecule has 0 radical (unpaired) electrons. The van der Waals surface area contributed by atoms with Crippen LogP contribution in [0.1, 0.15) is 17.0 Å². The number of benzene rings is 2. The number of piperazine rings is 1. The fraction of sp³-hybridized carbons (Fsp3) is 0.280. The third kappa shape index (κ3) is 6.21. The van der Waals surface area contributed by atoms with Gasteiger partial charge < -0.3 is 15.1 Å². The first-order valence-electron chi connectivity index (χ1n) is 11.2. The van der Waals surface area contributed by atoms with E-state index in [1.165, 1.54) is 0 Å². The number of hydrogen-bond donors (Lipinski definition) is 2. The van der Waals surface area contributed by atoms with Gasteiger partial charge in [0.05, 0.1) is 0 Å². The van der Waals surface area contributed by atoms with E-state index in [1.54, 1.807) is 0 Å². The van der Waals surface area contributed by atoms with Crippen LogP contribution in [0.3, 0.4) is 0 Å². The molecule has 1 saturated heterocycles. The van der Waals surface area contributed by atoms with Gasteiger partial charge in [-0.2, -0.15) is 4.99 Å². The Morgan fingerprint density at radius 2 is 1.56 bits per heavy atom. The zero-order valence-electron chi connectivity index (χ0n) is 19.5. The van der Waals surface area contributed by atoms with E-state index in [9.17, 15) is 0 Å². The van der Waals surface area contributed by atoms with Crippen molar-refractivity contribution in [3.63, 3.8) is 0 Å². The summed E-state index contributed by atoms with van der Waals surface area (Å²) in [7, 11) is 0. The monoisotopic (exact) mass is 493 g/mol. The topological polar surface area (TPSA) is 68.7 Å². The number of anilines is 3. The largest absolute Gasteiger partial charge is 0.368 e. The predicted molar refractivity (Wildman–Crippen MR) is 145 cm³/mol. The highest BCUT2D eigenvalue weighted by Gasteiger charge is 2.22. The molecule has 0 amide bonds. The Balaban J connectivity index is 1.53. The summed E-state index contributed by atoms with van der Waals surface area (Å²) < 4.78 is 0. The van der Waals surface area contributed by atoms with E-state index in [-0.39, 0.29) is 0 Å². The maximum absolute atomic E-state index is 6.05. The van der Waals surface area contributed by atoms with Crippen molar-refractivity contribution < 1.29 is 0 Å². The molecule has 0 saturated carbocycles. The minimum absolute atomic E-state index is 0.376. The summed E-state index contributed by atoms with van der Waals surface area (Å²) in [5.41, 5.74) is 4.98. The molecule has 0 spiro atoms. The maximum Gasteiger partial charge on any atom is 0.229 e. The van der Waals surface area contributed by atoms with Crippen molar-refractivity contribution in [2.75, 3.05) is 41.7 Å². The van der Waals surface area contributed by atoms with Crippen LogP contribution in [0.15, 0.2) is 59.6 Å². The third-order valence-electron chi connectivity index (χ3n) is 5.57. The van der Waals surface area contributed by atoms with Crippen molar-refractivity contribution in [2.45, 2.75) is 20.8 Å². The minimum Gasteiger partial charge on any atom is -0.368 e. The van der Waals surface area contributed by atoms with Crippen molar-refractivity contribution >= 4 is 52.2 Å². The normalized spacial score (nSPS) is 14.2. The van der Waals surface area contributed by atoms with Gasteiger partial charge in [0.25, 0.3) is 0 Å². The van der Waals surface area contributed by atoms with Crippen molar-refractivity contribution in [3.05, 3.63) is 76.6 Å². The number of aliphatic imine (C=N–C) groups is 1. The number of nitrogens with zero attached hydrogens (tertiary/aromatic N) is 5. The van der Waals surface area contributed by atoms with Gasteiger partial charge in [0.2, 0.25) is 17.0 Å². The molecule has 0 unspecified atom stereocenters. The highest BCUT2D eigenvalue weighted by Crippen LogP contribution is 2.20. The summed E-state index contributed by atoms with van der Waals surface area (Å²) >= 11 is 11.6. The lowest BCUT2D eigenvalue weighted by molar-refractivity contribution is 0.385. The van der Waals surface area contributed by atoms with E-state index in [1.807, 2.05) is 63.2 Å². The van der Waals surface area contributed by atoms with Gasteiger partial charge in [0.1, 0.15) is 0 Å². The highest BCUT2D eigenvalue weighted by atomic mass is 35.5. The summed E-state index contributed by atoms with van der Waals surface area (Å²) in [6.07, 6.45) is 0. The van der Waals surface area contributed by atoms with Crippen LogP contribution in [0.4, 0.5) is 17.3 Å². The molecule has 0 bridgehead atoms. The number of aryl methyl sites for hydroxylation is 3. The maximum atomic E-state index is 6.05. The molecule has 9 heteroatoms. The number of hydrogen-bond acceptors (Lipinski definition) is 4. The average molecular weight is 494 g/mol. The van der Waals surface area contributed by atoms with Crippen LogP contribution in [0.5, 0.6) is 0 Å². The number of aromatic nitrogens is 2. The van der Waals surface area contributed by atoms with Gasteiger partial charge in [-0.1, -0.05) is 29.8 Å². The standard InChI is InChI=1S/C25H28ClN7S/c1-17-6-4-5-7-22(17)29-25(34)31-24(30-23-27-18(2)16-19(3)28-23)33-14-12-32(13-15-33)21-10-8-20(26)9-11-21/h4-11,16H,12-15H2,1-3H3,(H2,27,28,29,30,31,34). The van der Waals surface area contributed by atoms with E-state index in [4.69, 9.17) is 28.8 Å². The smallest absolute Gasteiger partial charge is 0.229 e. The Hall–Kier alpha value is -3.23. The van der Waals surface area contributed by atoms with Crippen LogP contribution in [-0.4, -0.2) is 52.1 Å². The van der Waals surface area contributed by atoms with Gasteiger partial charge in [-0.3, -0.25) is 5.32 Å². The van der Waals surface area contributed by atoms with E-state index >= 15 is 0 Å². The van der Waals surface area contributed by atoms with Crippen LogP contribution in [0, 0.1) is 20.8 Å². The number of halogens is 1. The van der Waals surface area contributed by atoms with Gasteiger partial charge >= 0.3 is 0 Å². The molecule has 1 aliphatic rings. The number of rotatable bonds is 3. The first-order valence-corrected chi connectivity index (χ1v) is 12.0. The van der Waals surface area contributed by atoms with Gasteiger partial charge in [-0.15, -0.1) is 0 Å². The lowest BCUT2D eigenvalue weighted by Crippen LogP contribution is -2.51. The zero-order chi connectivity index (χ0) is 24.1. The molecule has 2 aromatic carbocycles. The van der Waals surface area contributed by atoms with E-state index in [0.29, 0.717) is 17.0 Å². The fourth-order valence-corrected chi connectivity index (χ4v) is 4.16. The van der Waals surface area contributed by atoms with Crippen molar-refractivity contribution in [1.82, 2.24) is 14.9 Å². The molecule has 1 aliphatic heterocycles. The van der Waals surface area contributed by atoms with Gasteiger partial charge in [-0.05, 0) is 75.0 Å². The Morgan fingerprint density at radius 1 is 0.912 bits per heavy atom. The van der Waals surface area contributed by atoms with E-state index in [2.05, 4.69) is 42.5 Å². The minimum atomic E-state index is 0.376. The number of nitrogens with one attached hydrogen (secondary N) is 2. The Bertz CT molecular complexity index is 1170. The third-order valence-corrected chi connectivity index (χ3v) is 6.02. The van der Waals surface area contributed by atoms with Crippen LogP contribution in [-0.2, 0) is 0 Å². The quantitative estimate of drug-likeness (QED) is 0.301. The summed E-state index contributed by atoms with van der Waals surface area (Å²) in [6, 6.07) is 17.9. The second kappa shape index (κ2) is 10.8. The predicted octanol–water partition coefficient (Wildman–Crippen LogP) is 5.04. The van der Waals surface area contributed by atoms with Crippen LogP contribution in [0.25, 0.3) is 0 Å². The molecule has 3 aromatic rings. The second-order valence-electron chi connectivity index (χ2n) is 8.23. The Labute approximate surface area is 210 Å². The summed E-state index contributed by atoms with van der Waals surface area (Å²) in [4.78, 5) is 18.3. The zero-order valence-corrected chi connectivity index (χ0v) is 21.1. The van der Waals surface area contributed by atoms with Crippen LogP contribution in [0.2, 0.25) is 5.02 Å². The number of thiocarbonyl (C=S) groups is 1. The Morgan fingerprint density at radius 3 is 2.21 bits per heavy atom.